The van der Waals surface area contributed by atoms with Crippen LogP contribution in [0.25, 0.3) is 11.1 Å². The summed E-state index contributed by atoms with van der Waals surface area (Å²) < 4.78 is 13.2. The molecule has 10 nitrogen and oxygen atoms in total. The van der Waals surface area contributed by atoms with E-state index in [1.165, 1.54) is 0 Å². The highest BCUT2D eigenvalue weighted by Gasteiger charge is 2.33. The molecule has 1 aliphatic rings. The fraction of sp³-hybridized carbons (Fsp3) is 0.359. The minimum absolute atomic E-state index is 0.00497. The average Bonchev–Trinajstić information content (AvgIpc) is 3.15. The predicted octanol–water partition coefficient (Wildman–Crippen LogP) is 5.64. The molecule has 4 aromatic rings. The summed E-state index contributed by atoms with van der Waals surface area (Å²) in [5.74, 6) is -0.531. The van der Waals surface area contributed by atoms with E-state index in [-0.39, 0.29) is 31.1 Å². The molecular formula is C39H46N4O6. The molecular weight excluding hydrogens is 620 g/mol. The number of carbonyl (C=O) groups excluding carboxylic acids is 2. The van der Waals surface area contributed by atoms with Crippen LogP contribution in [0.15, 0.2) is 97.2 Å². The van der Waals surface area contributed by atoms with Gasteiger partial charge in [-0.25, -0.2) is 5.48 Å². The Hall–Kier alpha value is -4.45. The van der Waals surface area contributed by atoms with Gasteiger partial charge in [0.25, 0.3) is 0 Å². The standard InChI is InChI=1S/C39H46N4O6/c1-43(21-19-34-12-4-5-20-40-34)26-35-24-36(30-17-15-28(27-44)16-18-30)49-39(48-35)33-11-7-10-32(23-33)31-9-6-8-29(22-31)25-41-37(45)13-2-3-14-38(46)42-47/h4-12,15-18,20,22-23,35-36,39,44,47H,2-3,13-14,19,21,24-27H2,1H3,(H,41,45)(H,42,46)/t35-,36+,39+/m0/s1. The number of aliphatic hydroxyl groups excluding tert-OH is 1. The molecule has 0 unspecified atom stereocenters. The van der Waals surface area contributed by atoms with Crippen molar-refractivity contribution in [2.45, 2.75) is 70.2 Å². The van der Waals surface area contributed by atoms with Crippen LogP contribution in [0.2, 0.25) is 0 Å². The van der Waals surface area contributed by atoms with Crippen LogP contribution in [0.5, 0.6) is 0 Å². The molecule has 1 aromatic heterocycles. The molecule has 4 N–H and O–H groups in total. The van der Waals surface area contributed by atoms with E-state index >= 15 is 0 Å². The van der Waals surface area contributed by atoms with Crippen molar-refractivity contribution in [1.29, 1.82) is 0 Å². The van der Waals surface area contributed by atoms with E-state index in [9.17, 15) is 14.7 Å². The molecule has 0 spiro atoms. The molecule has 2 heterocycles. The first-order valence-corrected chi connectivity index (χ1v) is 16.9. The number of amides is 2. The first-order chi connectivity index (χ1) is 23.9. The molecule has 3 aromatic carbocycles. The Morgan fingerprint density at radius 3 is 2.35 bits per heavy atom. The van der Waals surface area contributed by atoms with E-state index in [2.05, 4.69) is 40.4 Å². The lowest BCUT2D eigenvalue weighted by atomic mass is 9.98. The Bertz CT molecular complexity index is 1630. The highest BCUT2D eigenvalue weighted by atomic mass is 16.7. The predicted molar refractivity (Wildman–Crippen MR) is 186 cm³/mol. The van der Waals surface area contributed by atoms with Crippen LogP contribution in [-0.2, 0) is 38.6 Å². The maximum Gasteiger partial charge on any atom is 0.243 e. The Balaban J connectivity index is 1.25. The topological polar surface area (TPSA) is 133 Å². The van der Waals surface area contributed by atoms with Crippen molar-refractivity contribution in [1.82, 2.24) is 20.7 Å². The first kappa shape index (κ1) is 35.8. The van der Waals surface area contributed by atoms with Gasteiger partial charge in [0.1, 0.15) is 0 Å². The number of nitrogens with one attached hydrogen (secondary N) is 2. The number of aromatic nitrogens is 1. The molecule has 2 amide bonds. The summed E-state index contributed by atoms with van der Waals surface area (Å²) in [5, 5.41) is 21.1. The number of ether oxygens (including phenoxy) is 2. The summed E-state index contributed by atoms with van der Waals surface area (Å²) in [4.78, 5) is 30.2. The number of unbranched alkanes of at least 4 members (excludes halogenated alkanes) is 1. The Morgan fingerprint density at radius 1 is 0.857 bits per heavy atom. The smallest absolute Gasteiger partial charge is 0.243 e. The third-order valence-electron chi connectivity index (χ3n) is 8.70. The van der Waals surface area contributed by atoms with Crippen LogP contribution in [0.3, 0.4) is 0 Å². The van der Waals surface area contributed by atoms with Gasteiger partial charge in [0.05, 0.1) is 18.8 Å². The zero-order valence-corrected chi connectivity index (χ0v) is 28.0. The highest BCUT2D eigenvalue weighted by Crippen LogP contribution is 2.39. The summed E-state index contributed by atoms with van der Waals surface area (Å²) in [6, 6.07) is 30.2. The summed E-state index contributed by atoms with van der Waals surface area (Å²) in [6.45, 7) is 1.98. The zero-order chi connectivity index (χ0) is 34.4. The number of nitrogens with zero attached hydrogens (tertiary/aromatic N) is 2. The lowest BCUT2D eigenvalue weighted by Crippen LogP contribution is -2.38. The van der Waals surface area contributed by atoms with E-state index in [4.69, 9.17) is 14.7 Å². The van der Waals surface area contributed by atoms with Gasteiger partial charge in [0.15, 0.2) is 6.29 Å². The van der Waals surface area contributed by atoms with Crippen LogP contribution in [-0.4, -0.2) is 58.3 Å². The maximum absolute atomic E-state index is 12.4. The number of benzene rings is 3. The Labute approximate surface area is 288 Å². The number of hydrogen-bond acceptors (Lipinski definition) is 8. The molecule has 0 radical (unpaired) electrons. The summed E-state index contributed by atoms with van der Waals surface area (Å²) >= 11 is 0. The largest absolute Gasteiger partial charge is 0.392 e. The van der Waals surface area contributed by atoms with E-state index in [1.807, 2.05) is 79.0 Å². The van der Waals surface area contributed by atoms with E-state index < -0.39 is 12.2 Å². The fourth-order valence-electron chi connectivity index (χ4n) is 5.97. The Kier molecular flexibility index (Phi) is 13.4. The second kappa shape index (κ2) is 18.4. The van der Waals surface area contributed by atoms with Gasteiger partial charge >= 0.3 is 0 Å². The number of aliphatic hydroxyl groups is 1. The van der Waals surface area contributed by atoms with Crippen molar-refractivity contribution in [2.75, 3.05) is 20.1 Å². The van der Waals surface area contributed by atoms with Gasteiger partial charge in [-0.1, -0.05) is 66.7 Å². The molecule has 258 valence electrons. The van der Waals surface area contributed by atoms with E-state index in [0.29, 0.717) is 32.2 Å². The molecule has 1 saturated heterocycles. The monoisotopic (exact) mass is 666 g/mol. The quantitative estimate of drug-likeness (QED) is 0.0686. The summed E-state index contributed by atoms with van der Waals surface area (Å²) in [5.41, 5.74) is 8.50. The van der Waals surface area contributed by atoms with Crippen molar-refractivity contribution in [3.63, 3.8) is 0 Å². The molecule has 0 bridgehead atoms. The average molecular weight is 667 g/mol. The number of likely N-dealkylation sites (N-methyl/N-ethyl adjacent to an activating group) is 1. The van der Waals surface area contributed by atoms with Gasteiger partial charge in [0, 0.05) is 62.8 Å². The molecule has 0 saturated carbocycles. The summed E-state index contributed by atoms with van der Waals surface area (Å²) in [7, 11) is 2.11. The van der Waals surface area contributed by atoms with Crippen LogP contribution in [0.1, 0.15) is 72.4 Å². The normalized spacial score (nSPS) is 17.5. The van der Waals surface area contributed by atoms with Gasteiger partial charge in [-0.2, -0.15) is 0 Å². The minimum Gasteiger partial charge on any atom is -0.392 e. The zero-order valence-electron chi connectivity index (χ0n) is 28.0. The number of hydroxylamine groups is 1. The van der Waals surface area contributed by atoms with E-state index in [1.54, 1.807) is 5.48 Å². The molecule has 1 aliphatic heterocycles. The van der Waals surface area contributed by atoms with Crippen molar-refractivity contribution in [3.8, 4) is 11.1 Å². The van der Waals surface area contributed by atoms with Crippen LogP contribution < -0.4 is 10.8 Å². The fourth-order valence-corrected chi connectivity index (χ4v) is 5.97. The second-order valence-corrected chi connectivity index (χ2v) is 12.5. The number of pyridine rings is 1. The third kappa shape index (κ3) is 11.0. The van der Waals surface area contributed by atoms with Crippen molar-refractivity contribution >= 4 is 11.8 Å². The molecule has 3 atom stereocenters. The van der Waals surface area contributed by atoms with Gasteiger partial charge in [-0.15, -0.1) is 0 Å². The molecule has 5 rings (SSSR count). The van der Waals surface area contributed by atoms with Crippen molar-refractivity contribution in [3.05, 3.63) is 125 Å². The third-order valence-corrected chi connectivity index (χ3v) is 8.70. The van der Waals surface area contributed by atoms with E-state index in [0.717, 1.165) is 58.6 Å². The van der Waals surface area contributed by atoms with Crippen LogP contribution >= 0.6 is 0 Å². The second-order valence-electron chi connectivity index (χ2n) is 12.5. The van der Waals surface area contributed by atoms with Crippen molar-refractivity contribution in [2.24, 2.45) is 0 Å². The lowest BCUT2D eigenvalue weighted by molar-refractivity contribution is -0.252. The SMILES string of the molecule is CN(CCc1ccccn1)C[C@@H]1C[C@H](c2ccc(CO)cc2)O[C@H](c2cccc(-c3cccc(CNC(=O)CCCCC(=O)NO)c3)c2)O1. The van der Waals surface area contributed by atoms with Crippen LogP contribution in [0.4, 0.5) is 0 Å². The van der Waals surface area contributed by atoms with Gasteiger partial charge < -0.3 is 24.8 Å². The Morgan fingerprint density at radius 2 is 1.61 bits per heavy atom. The molecule has 10 heteroatoms. The molecule has 0 aliphatic carbocycles. The highest BCUT2D eigenvalue weighted by molar-refractivity contribution is 5.76. The minimum atomic E-state index is -0.573. The molecule has 49 heavy (non-hydrogen) atoms. The van der Waals surface area contributed by atoms with Gasteiger partial charge in [0.2, 0.25) is 11.8 Å². The maximum atomic E-state index is 12.4. The first-order valence-electron chi connectivity index (χ1n) is 16.9. The summed E-state index contributed by atoms with van der Waals surface area (Å²) in [6.07, 6.45) is 4.15. The number of rotatable bonds is 16. The number of carbonyl (C=O) groups is 2. The number of hydrogen-bond donors (Lipinski definition) is 4. The van der Waals surface area contributed by atoms with Crippen molar-refractivity contribution < 1.29 is 29.4 Å². The van der Waals surface area contributed by atoms with Crippen LogP contribution in [0, 0.1) is 0 Å². The molecule has 1 fully saturated rings. The lowest BCUT2D eigenvalue weighted by Gasteiger charge is -2.38. The van der Waals surface area contributed by atoms with Gasteiger partial charge in [-0.3, -0.25) is 19.8 Å². The van der Waals surface area contributed by atoms with Gasteiger partial charge in [-0.05, 0) is 72.0 Å².